The molecule has 0 amide bonds. The van der Waals surface area contributed by atoms with E-state index in [0.717, 1.165) is 5.75 Å². The fourth-order valence-corrected chi connectivity index (χ4v) is 8.65. The van der Waals surface area contributed by atoms with E-state index in [2.05, 4.69) is 154 Å². The molecule has 0 spiro atoms. The van der Waals surface area contributed by atoms with Gasteiger partial charge in [-0.1, -0.05) is 140 Å². The predicted molar refractivity (Wildman–Crippen MR) is 214 cm³/mol. The molecule has 1 N–H and O–H groups in total. The van der Waals surface area contributed by atoms with E-state index in [0.29, 0.717) is 0 Å². The standard InChI is InChI=1S/C48H57NO/c1-28-24-36-38(26-32-14-13-15-35(32)41(36)30-16-20-33(21-17-30)46(3,4)5)43(28)49-44-29(2)25-37-39(44)27-40(48(9,10)11)45(50-12)42(37)31-18-22-34(23-19-31)47(6,7)8/h16-27,43-44,49H,13-15H2,1-12H3. The highest BCUT2D eigenvalue weighted by atomic mass is 16.5. The number of nitrogens with one attached hydrogen (secondary N) is 1. The average molecular weight is 664 g/mol. The zero-order chi connectivity index (χ0) is 35.9. The van der Waals surface area contributed by atoms with E-state index in [9.17, 15) is 0 Å². The van der Waals surface area contributed by atoms with Gasteiger partial charge in [0.25, 0.3) is 0 Å². The number of benzene rings is 4. The minimum atomic E-state index is -0.0880. The van der Waals surface area contributed by atoms with Crippen LogP contribution in [0.2, 0.25) is 0 Å². The third kappa shape index (κ3) is 5.88. The number of methoxy groups -OCH3 is 1. The highest BCUT2D eigenvalue weighted by Gasteiger charge is 2.36. The van der Waals surface area contributed by atoms with Crippen molar-refractivity contribution in [2.24, 2.45) is 0 Å². The molecule has 2 nitrogen and oxygen atoms in total. The summed E-state index contributed by atoms with van der Waals surface area (Å²) in [7, 11) is 1.83. The van der Waals surface area contributed by atoms with Gasteiger partial charge in [0, 0.05) is 11.1 Å². The molecule has 2 atom stereocenters. The summed E-state index contributed by atoms with van der Waals surface area (Å²) in [6.07, 6.45) is 8.46. The van der Waals surface area contributed by atoms with Crippen molar-refractivity contribution in [1.29, 1.82) is 0 Å². The van der Waals surface area contributed by atoms with Crippen LogP contribution in [0, 0.1) is 0 Å². The third-order valence-electron chi connectivity index (χ3n) is 11.5. The van der Waals surface area contributed by atoms with Crippen LogP contribution in [0.3, 0.4) is 0 Å². The molecule has 260 valence electrons. The second kappa shape index (κ2) is 12.1. The van der Waals surface area contributed by atoms with Gasteiger partial charge >= 0.3 is 0 Å². The Balaban J connectivity index is 1.33. The Hall–Kier alpha value is -3.88. The monoisotopic (exact) mass is 663 g/mol. The lowest BCUT2D eigenvalue weighted by atomic mass is 9.80. The Morgan fingerprint density at radius 3 is 1.56 bits per heavy atom. The molecule has 4 aromatic carbocycles. The first kappa shape index (κ1) is 34.6. The molecular weight excluding hydrogens is 607 g/mol. The van der Waals surface area contributed by atoms with Crippen molar-refractivity contribution in [1.82, 2.24) is 5.32 Å². The van der Waals surface area contributed by atoms with Crippen LogP contribution in [-0.2, 0) is 29.1 Å². The normalized spacial score (nSPS) is 18.5. The summed E-state index contributed by atoms with van der Waals surface area (Å²) in [4.78, 5) is 0. The predicted octanol–water partition coefficient (Wildman–Crippen LogP) is 12.6. The summed E-state index contributed by atoms with van der Waals surface area (Å²) < 4.78 is 6.31. The lowest BCUT2D eigenvalue weighted by Gasteiger charge is -2.29. The van der Waals surface area contributed by atoms with Crippen molar-refractivity contribution in [2.45, 2.75) is 124 Å². The minimum absolute atomic E-state index is 0.0880. The van der Waals surface area contributed by atoms with Crippen molar-refractivity contribution in [2.75, 3.05) is 7.11 Å². The van der Waals surface area contributed by atoms with E-state index < -0.39 is 0 Å². The summed E-state index contributed by atoms with van der Waals surface area (Å²) in [5.74, 6) is 0.990. The molecule has 2 unspecified atom stereocenters. The second-order valence-electron chi connectivity index (χ2n) is 18.3. The van der Waals surface area contributed by atoms with Crippen LogP contribution in [0.15, 0.2) is 71.8 Å². The van der Waals surface area contributed by atoms with Crippen molar-refractivity contribution in [3.63, 3.8) is 0 Å². The molecule has 3 aliphatic carbocycles. The summed E-state index contributed by atoms with van der Waals surface area (Å²) in [6, 6.07) is 23.8. The SMILES string of the molecule is COc1c(C(C)(C)C)cc2c(c1-c1ccc(C(C)(C)C)cc1)C=C(C)C2NC1C(C)=Cc2c1cc1c(c2-c2ccc(C(C)(C)C)cc2)CCC1. The molecule has 0 saturated carbocycles. The molecule has 0 saturated heterocycles. The minimum Gasteiger partial charge on any atom is -0.496 e. The zero-order valence-electron chi connectivity index (χ0n) is 32.6. The summed E-state index contributed by atoms with van der Waals surface area (Å²) >= 11 is 0. The first-order chi connectivity index (χ1) is 23.5. The zero-order valence-corrected chi connectivity index (χ0v) is 32.6. The molecule has 0 heterocycles. The second-order valence-corrected chi connectivity index (χ2v) is 18.3. The van der Waals surface area contributed by atoms with Crippen LogP contribution >= 0.6 is 0 Å². The molecule has 2 heteroatoms. The molecule has 0 radical (unpaired) electrons. The lowest BCUT2D eigenvalue weighted by molar-refractivity contribution is 0.398. The molecule has 50 heavy (non-hydrogen) atoms. The molecule has 0 bridgehead atoms. The van der Waals surface area contributed by atoms with E-state index in [1.165, 1.54) is 97.2 Å². The fourth-order valence-electron chi connectivity index (χ4n) is 8.65. The molecule has 7 rings (SSSR count). The number of ether oxygens (including phenoxy) is 1. The summed E-state index contributed by atoms with van der Waals surface area (Å²) in [5.41, 5.74) is 20.7. The fraction of sp³-hybridized carbons (Fsp3) is 0.417. The van der Waals surface area contributed by atoms with Crippen molar-refractivity contribution in [3.05, 3.63) is 122 Å². The van der Waals surface area contributed by atoms with E-state index in [1.54, 1.807) is 5.56 Å². The van der Waals surface area contributed by atoms with Crippen LogP contribution in [0.1, 0.15) is 145 Å². The third-order valence-corrected chi connectivity index (χ3v) is 11.5. The Labute approximate surface area is 302 Å². The highest BCUT2D eigenvalue weighted by Crippen LogP contribution is 2.51. The lowest BCUT2D eigenvalue weighted by Crippen LogP contribution is -2.27. The van der Waals surface area contributed by atoms with Gasteiger partial charge in [0.1, 0.15) is 5.75 Å². The Morgan fingerprint density at radius 1 is 0.600 bits per heavy atom. The Kier molecular flexibility index (Phi) is 8.38. The molecular formula is C48H57NO. The van der Waals surface area contributed by atoms with E-state index in [4.69, 9.17) is 4.74 Å². The van der Waals surface area contributed by atoms with Crippen LogP contribution in [0.5, 0.6) is 5.75 Å². The van der Waals surface area contributed by atoms with E-state index in [-0.39, 0.29) is 28.3 Å². The maximum absolute atomic E-state index is 6.31. The van der Waals surface area contributed by atoms with Gasteiger partial charge in [0.2, 0.25) is 0 Å². The maximum atomic E-state index is 6.31. The first-order valence-corrected chi connectivity index (χ1v) is 18.8. The Morgan fingerprint density at radius 2 is 1.08 bits per heavy atom. The molecule has 4 aromatic rings. The van der Waals surface area contributed by atoms with Crippen LogP contribution in [-0.4, -0.2) is 7.11 Å². The van der Waals surface area contributed by atoms with Gasteiger partial charge in [0.15, 0.2) is 0 Å². The molecule has 3 aliphatic rings. The van der Waals surface area contributed by atoms with Gasteiger partial charge in [-0.25, -0.2) is 0 Å². The van der Waals surface area contributed by atoms with Crippen molar-refractivity contribution in [3.8, 4) is 28.0 Å². The van der Waals surface area contributed by atoms with Crippen molar-refractivity contribution < 1.29 is 4.74 Å². The number of fused-ring (bicyclic) bond motifs is 3. The summed E-state index contributed by atoms with van der Waals surface area (Å²) in [6.45, 7) is 25.3. The van der Waals surface area contributed by atoms with E-state index in [1.807, 2.05) is 7.11 Å². The highest BCUT2D eigenvalue weighted by molar-refractivity contribution is 5.88. The number of rotatable bonds is 5. The Bertz CT molecular complexity index is 2030. The molecule has 0 fully saturated rings. The first-order valence-electron chi connectivity index (χ1n) is 18.8. The van der Waals surface area contributed by atoms with Crippen LogP contribution < -0.4 is 10.1 Å². The number of hydrogen-bond donors (Lipinski definition) is 1. The maximum Gasteiger partial charge on any atom is 0.131 e. The molecule has 0 aliphatic heterocycles. The van der Waals surface area contributed by atoms with Gasteiger partial charge in [-0.3, -0.25) is 5.32 Å². The average Bonchev–Trinajstić information content (AvgIpc) is 3.73. The van der Waals surface area contributed by atoms with Crippen molar-refractivity contribution >= 4 is 12.2 Å². The quantitative estimate of drug-likeness (QED) is 0.229. The largest absolute Gasteiger partial charge is 0.496 e. The van der Waals surface area contributed by atoms with Gasteiger partial charge in [-0.15, -0.1) is 0 Å². The topological polar surface area (TPSA) is 21.3 Å². The van der Waals surface area contributed by atoms with Gasteiger partial charge in [0.05, 0.1) is 19.2 Å². The van der Waals surface area contributed by atoms with E-state index >= 15 is 0 Å². The van der Waals surface area contributed by atoms with Gasteiger partial charge in [-0.05, 0) is 117 Å². The number of aryl methyl sites for hydroxylation is 1. The summed E-state index contributed by atoms with van der Waals surface area (Å²) in [5, 5.41) is 4.24. The molecule has 0 aromatic heterocycles. The van der Waals surface area contributed by atoms with Crippen LogP contribution in [0.25, 0.3) is 34.4 Å². The van der Waals surface area contributed by atoms with Gasteiger partial charge < -0.3 is 4.74 Å². The van der Waals surface area contributed by atoms with Crippen LogP contribution in [0.4, 0.5) is 0 Å². The smallest absolute Gasteiger partial charge is 0.131 e. The number of hydrogen-bond acceptors (Lipinski definition) is 2. The van der Waals surface area contributed by atoms with Gasteiger partial charge in [-0.2, -0.15) is 0 Å².